The van der Waals surface area contributed by atoms with Gasteiger partial charge in [0, 0.05) is 21.8 Å². The number of carbonyl (C=O) groups is 2. The van der Waals surface area contributed by atoms with Gasteiger partial charge in [0.15, 0.2) is 0 Å². The molecule has 7 heteroatoms. The Morgan fingerprint density at radius 3 is 2.43 bits per heavy atom. The van der Waals surface area contributed by atoms with E-state index >= 15 is 0 Å². The maximum Gasteiger partial charge on any atom is 0.242 e. The van der Waals surface area contributed by atoms with Crippen molar-refractivity contribution in [1.29, 1.82) is 0 Å². The lowest BCUT2D eigenvalue weighted by Gasteiger charge is -2.23. The zero-order valence-electron chi connectivity index (χ0n) is 17.6. The lowest BCUT2D eigenvalue weighted by atomic mass is 10.1. The third-order valence-corrected chi connectivity index (χ3v) is 4.85. The number of halogens is 1. The molecule has 2 N–H and O–H groups in total. The van der Waals surface area contributed by atoms with Crippen LogP contribution >= 0.6 is 11.6 Å². The molecular weight excluding hydrogens is 376 g/mol. The predicted molar refractivity (Wildman–Crippen MR) is 112 cm³/mol. The maximum atomic E-state index is 12.5. The van der Waals surface area contributed by atoms with E-state index in [4.69, 9.17) is 11.6 Å². The van der Waals surface area contributed by atoms with Crippen molar-refractivity contribution in [1.82, 2.24) is 20.4 Å². The average molecular weight is 405 g/mol. The molecule has 0 aliphatic rings. The fourth-order valence-electron chi connectivity index (χ4n) is 2.89. The number of amides is 2. The molecule has 2 rings (SSSR count). The Bertz CT molecular complexity index is 897. The van der Waals surface area contributed by atoms with Crippen molar-refractivity contribution in [3.05, 3.63) is 45.7 Å². The first-order valence-electron chi connectivity index (χ1n) is 9.32. The summed E-state index contributed by atoms with van der Waals surface area (Å²) in [7, 11) is 0. The molecule has 0 aliphatic carbocycles. The van der Waals surface area contributed by atoms with Gasteiger partial charge in [-0.25, -0.2) is 4.68 Å². The third-order valence-electron chi connectivity index (χ3n) is 4.45. The molecule has 1 atom stereocenters. The number of nitrogens with zero attached hydrogens (tertiary/aromatic N) is 2. The number of hydrogen-bond acceptors (Lipinski definition) is 3. The Labute approximate surface area is 171 Å². The number of nitrogens with one attached hydrogen (secondary N) is 2. The predicted octanol–water partition coefficient (Wildman–Crippen LogP) is 3.41. The first-order chi connectivity index (χ1) is 12.9. The zero-order valence-corrected chi connectivity index (χ0v) is 18.4. The molecule has 28 heavy (non-hydrogen) atoms. The summed E-state index contributed by atoms with van der Waals surface area (Å²) < 4.78 is 1.79. The summed E-state index contributed by atoms with van der Waals surface area (Å²) in [6.07, 6.45) is 0.157. The van der Waals surface area contributed by atoms with E-state index in [1.165, 1.54) is 0 Å². The van der Waals surface area contributed by atoms with Crippen LogP contribution in [0, 0.1) is 20.8 Å². The highest BCUT2D eigenvalue weighted by atomic mass is 35.5. The molecule has 2 aromatic rings. The van der Waals surface area contributed by atoms with Gasteiger partial charge in [-0.15, -0.1) is 0 Å². The topological polar surface area (TPSA) is 76.0 Å². The minimum atomic E-state index is -0.613. The molecule has 0 spiro atoms. The van der Waals surface area contributed by atoms with Crippen molar-refractivity contribution >= 4 is 23.4 Å². The Balaban J connectivity index is 2.14. The molecule has 0 aliphatic heterocycles. The molecule has 1 heterocycles. The highest BCUT2D eigenvalue weighted by Crippen LogP contribution is 2.23. The fraction of sp³-hybridized carbons (Fsp3) is 0.476. The molecular formula is C21H29ClN4O2. The van der Waals surface area contributed by atoms with Gasteiger partial charge in [0.05, 0.1) is 17.8 Å². The van der Waals surface area contributed by atoms with Crippen molar-refractivity contribution < 1.29 is 9.59 Å². The summed E-state index contributed by atoms with van der Waals surface area (Å²) in [6, 6.07) is 5.14. The van der Waals surface area contributed by atoms with E-state index in [-0.39, 0.29) is 23.8 Å². The summed E-state index contributed by atoms with van der Waals surface area (Å²) >= 11 is 6.24. The van der Waals surface area contributed by atoms with Gasteiger partial charge in [0.25, 0.3) is 0 Å². The molecule has 1 unspecified atom stereocenters. The van der Waals surface area contributed by atoms with Crippen molar-refractivity contribution in [2.75, 3.05) is 0 Å². The van der Waals surface area contributed by atoms with Crippen LogP contribution in [-0.4, -0.2) is 33.2 Å². The molecule has 0 fully saturated rings. The van der Waals surface area contributed by atoms with Gasteiger partial charge in [-0.2, -0.15) is 5.10 Å². The molecule has 1 aromatic carbocycles. The van der Waals surface area contributed by atoms with Gasteiger partial charge >= 0.3 is 0 Å². The van der Waals surface area contributed by atoms with Crippen LogP contribution in [0.4, 0.5) is 0 Å². The molecule has 0 bridgehead atoms. The quantitative estimate of drug-likeness (QED) is 0.801. The number of carbonyl (C=O) groups excluding carboxylic acids is 2. The van der Waals surface area contributed by atoms with Crippen molar-refractivity contribution in [2.45, 2.75) is 66.5 Å². The first kappa shape index (κ1) is 22.0. The van der Waals surface area contributed by atoms with Crippen LogP contribution in [0.5, 0.6) is 0 Å². The van der Waals surface area contributed by atoms with Gasteiger partial charge in [0.2, 0.25) is 11.8 Å². The molecule has 0 saturated heterocycles. The largest absolute Gasteiger partial charge is 0.350 e. The average Bonchev–Trinajstić information content (AvgIpc) is 2.84. The summed E-state index contributed by atoms with van der Waals surface area (Å²) in [6.45, 7) is 13.1. The number of aryl methyl sites for hydroxylation is 2. The van der Waals surface area contributed by atoms with E-state index in [0.29, 0.717) is 5.02 Å². The number of rotatable bonds is 5. The van der Waals surface area contributed by atoms with Crippen LogP contribution < -0.4 is 10.6 Å². The number of benzene rings is 1. The second-order valence-electron chi connectivity index (χ2n) is 8.20. The second-order valence-corrected chi connectivity index (χ2v) is 8.61. The van der Waals surface area contributed by atoms with Gasteiger partial charge in [0.1, 0.15) is 6.04 Å². The van der Waals surface area contributed by atoms with Gasteiger partial charge < -0.3 is 10.6 Å². The van der Waals surface area contributed by atoms with E-state index in [2.05, 4.69) is 15.7 Å². The van der Waals surface area contributed by atoms with E-state index in [1.807, 2.05) is 59.7 Å². The van der Waals surface area contributed by atoms with Crippen LogP contribution in [0.2, 0.25) is 5.02 Å². The normalized spacial score (nSPS) is 12.6. The van der Waals surface area contributed by atoms with E-state index in [9.17, 15) is 9.59 Å². The van der Waals surface area contributed by atoms with Crippen molar-refractivity contribution in [2.24, 2.45) is 0 Å². The minimum absolute atomic E-state index is 0.157. The van der Waals surface area contributed by atoms with Crippen LogP contribution in [0.25, 0.3) is 5.69 Å². The zero-order chi connectivity index (χ0) is 21.2. The Kier molecular flexibility index (Phi) is 6.55. The standard InChI is InChI=1S/C21H29ClN4O2/c1-12-8-9-16(10-18(12)22)26-15(4)17(13(2)25-26)11-19(27)23-14(3)20(28)24-21(5,6)7/h8-10,14H,11H2,1-7H3,(H,23,27)(H,24,28). The summed E-state index contributed by atoms with van der Waals surface area (Å²) in [5.41, 5.74) is 3.99. The highest BCUT2D eigenvalue weighted by Gasteiger charge is 2.22. The smallest absolute Gasteiger partial charge is 0.242 e. The second kappa shape index (κ2) is 8.35. The van der Waals surface area contributed by atoms with Crippen LogP contribution in [-0.2, 0) is 16.0 Å². The van der Waals surface area contributed by atoms with E-state index in [1.54, 1.807) is 11.6 Å². The van der Waals surface area contributed by atoms with Gasteiger partial charge in [-0.05, 0) is 66.2 Å². The molecule has 6 nitrogen and oxygen atoms in total. The van der Waals surface area contributed by atoms with E-state index < -0.39 is 6.04 Å². The Morgan fingerprint density at radius 1 is 1.21 bits per heavy atom. The molecule has 0 radical (unpaired) electrons. The summed E-state index contributed by atoms with van der Waals surface area (Å²) in [4.78, 5) is 24.7. The third kappa shape index (κ3) is 5.35. The lowest BCUT2D eigenvalue weighted by molar-refractivity contribution is -0.129. The summed E-state index contributed by atoms with van der Waals surface area (Å²) in [5, 5.41) is 10.9. The molecule has 2 amide bonds. The number of hydrogen-bond donors (Lipinski definition) is 2. The van der Waals surface area contributed by atoms with Crippen LogP contribution in [0.1, 0.15) is 50.2 Å². The monoisotopic (exact) mass is 404 g/mol. The minimum Gasteiger partial charge on any atom is -0.350 e. The van der Waals surface area contributed by atoms with Gasteiger partial charge in [-0.1, -0.05) is 17.7 Å². The first-order valence-corrected chi connectivity index (χ1v) is 9.70. The van der Waals surface area contributed by atoms with Gasteiger partial charge in [-0.3, -0.25) is 9.59 Å². The van der Waals surface area contributed by atoms with Crippen molar-refractivity contribution in [3.63, 3.8) is 0 Å². The fourth-order valence-corrected chi connectivity index (χ4v) is 3.07. The Hall–Kier alpha value is -2.34. The maximum absolute atomic E-state index is 12.5. The summed E-state index contributed by atoms with van der Waals surface area (Å²) in [5.74, 6) is -0.427. The highest BCUT2D eigenvalue weighted by molar-refractivity contribution is 6.31. The SMILES string of the molecule is Cc1ccc(-n2nc(C)c(CC(=O)NC(C)C(=O)NC(C)(C)C)c2C)cc1Cl. The number of aromatic nitrogens is 2. The van der Waals surface area contributed by atoms with Crippen molar-refractivity contribution in [3.8, 4) is 5.69 Å². The van der Waals surface area contributed by atoms with E-state index in [0.717, 1.165) is 28.2 Å². The Morgan fingerprint density at radius 2 is 1.86 bits per heavy atom. The lowest BCUT2D eigenvalue weighted by Crippen LogP contribution is -2.51. The van der Waals surface area contributed by atoms with Crippen LogP contribution in [0.15, 0.2) is 18.2 Å². The molecule has 0 saturated carbocycles. The van der Waals surface area contributed by atoms with Crippen LogP contribution in [0.3, 0.4) is 0 Å². The molecule has 1 aromatic heterocycles. The molecule has 152 valence electrons.